The fraction of sp³-hybridized carbons (Fsp3) is 0.484. The predicted octanol–water partition coefficient (Wildman–Crippen LogP) is 4.50. The molecule has 228 valence electrons. The number of allylic oxidation sites excluding steroid dienone is 12. The van der Waals surface area contributed by atoms with Crippen molar-refractivity contribution in [2.75, 3.05) is 40.3 Å². The van der Waals surface area contributed by atoms with Crippen molar-refractivity contribution in [3.05, 3.63) is 72.9 Å². The summed E-state index contributed by atoms with van der Waals surface area (Å²) in [6.07, 6.45) is 32.1. The molecule has 41 heavy (non-hydrogen) atoms. The van der Waals surface area contributed by atoms with Crippen LogP contribution in [0.2, 0.25) is 0 Å². The van der Waals surface area contributed by atoms with Crippen LogP contribution in [0.4, 0.5) is 4.79 Å². The molecule has 0 rings (SSSR count). The van der Waals surface area contributed by atoms with E-state index in [2.05, 4.69) is 94.4 Å². The number of hydrogen-bond acceptors (Lipinski definition) is 4. The molecule has 0 aliphatic heterocycles. The highest BCUT2D eigenvalue weighted by Crippen LogP contribution is 1.98. The van der Waals surface area contributed by atoms with Crippen molar-refractivity contribution in [2.24, 2.45) is 21.5 Å². The minimum Gasteiger partial charge on any atom is -0.446 e. The fourth-order valence-corrected chi connectivity index (χ4v) is 2.94. The highest BCUT2D eigenvalue weighted by atomic mass is 16.5. The third-order valence-electron chi connectivity index (χ3n) is 5.16. The lowest BCUT2D eigenvalue weighted by Gasteiger charge is -2.09. The lowest BCUT2D eigenvalue weighted by molar-refractivity contribution is -0.120. The Morgan fingerprint density at radius 3 is 1.76 bits per heavy atom. The Morgan fingerprint density at radius 2 is 1.24 bits per heavy atom. The van der Waals surface area contributed by atoms with E-state index >= 15 is 0 Å². The summed E-state index contributed by atoms with van der Waals surface area (Å²) in [6, 6.07) is 0. The molecule has 0 aliphatic carbocycles. The molecule has 0 aromatic rings. The zero-order chi connectivity index (χ0) is 30.4. The summed E-state index contributed by atoms with van der Waals surface area (Å²) in [7, 11) is 3.37. The summed E-state index contributed by atoms with van der Waals surface area (Å²) in [5, 5.41) is 5.92. The van der Waals surface area contributed by atoms with E-state index in [1.165, 1.54) is 4.90 Å². The first-order chi connectivity index (χ1) is 19.9. The van der Waals surface area contributed by atoms with Gasteiger partial charge >= 0.3 is 6.09 Å². The van der Waals surface area contributed by atoms with Gasteiger partial charge in [-0.1, -0.05) is 79.8 Å². The zero-order valence-electron chi connectivity index (χ0n) is 25.1. The Kier molecular flexibility index (Phi) is 25.0. The maximum Gasteiger partial charge on any atom is 0.436 e. The van der Waals surface area contributed by atoms with Gasteiger partial charge in [0.05, 0.1) is 0 Å². The average Bonchev–Trinajstić information content (AvgIpc) is 2.93. The number of guanidine groups is 2. The maximum absolute atomic E-state index is 11.9. The summed E-state index contributed by atoms with van der Waals surface area (Å²) in [4.78, 5) is 32.2. The molecule has 10 heteroatoms. The molecule has 0 heterocycles. The van der Waals surface area contributed by atoms with E-state index in [-0.39, 0.29) is 24.4 Å². The average molecular weight is 570 g/mol. The Hall–Kier alpha value is -3.92. The summed E-state index contributed by atoms with van der Waals surface area (Å²) >= 11 is 0. The van der Waals surface area contributed by atoms with Gasteiger partial charge in [0.25, 0.3) is 0 Å². The van der Waals surface area contributed by atoms with Crippen LogP contribution in [0.1, 0.15) is 58.3 Å². The van der Waals surface area contributed by atoms with Crippen molar-refractivity contribution in [1.29, 1.82) is 0 Å². The molecular weight excluding hydrogens is 518 g/mol. The number of ether oxygens (including phenoxy) is 1. The zero-order valence-corrected chi connectivity index (χ0v) is 25.1. The van der Waals surface area contributed by atoms with Gasteiger partial charge in [0, 0.05) is 40.2 Å². The minimum absolute atomic E-state index is 0.000112. The summed E-state index contributed by atoms with van der Waals surface area (Å²) in [6.45, 7) is 3.71. The number of carbonyl (C=O) groups is 2. The van der Waals surface area contributed by atoms with Gasteiger partial charge in [-0.3, -0.25) is 4.79 Å². The summed E-state index contributed by atoms with van der Waals surface area (Å²) in [5.41, 5.74) is 11.1. The van der Waals surface area contributed by atoms with Gasteiger partial charge in [-0.2, -0.15) is 4.99 Å². The molecular formula is C31H51N7O3. The SMILES string of the molecule is CCC=CCC=CCC=CCC=CCC=CCC=CCCC(=O)NCCNCCOC(=O)N=C(N)N=C(N)N(C)C. The predicted molar refractivity (Wildman–Crippen MR) is 172 cm³/mol. The van der Waals surface area contributed by atoms with Gasteiger partial charge in [0.2, 0.25) is 11.9 Å². The third-order valence-corrected chi connectivity index (χ3v) is 5.16. The summed E-state index contributed by atoms with van der Waals surface area (Å²) < 4.78 is 4.93. The Morgan fingerprint density at radius 1 is 0.732 bits per heavy atom. The molecule has 0 atom stereocenters. The van der Waals surface area contributed by atoms with Crippen LogP contribution in [0.3, 0.4) is 0 Å². The van der Waals surface area contributed by atoms with Crippen LogP contribution in [-0.2, 0) is 9.53 Å². The molecule has 0 radical (unpaired) electrons. The van der Waals surface area contributed by atoms with E-state index < -0.39 is 6.09 Å². The smallest absolute Gasteiger partial charge is 0.436 e. The normalized spacial score (nSPS) is 13.1. The molecule has 0 saturated heterocycles. The second-order valence-electron chi connectivity index (χ2n) is 9.00. The van der Waals surface area contributed by atoms with Crippen molar-refractivity contribution < 1.29 is 14.3 Å². The van der Waals surface area contributed by atoms with Crippen molar-refractivity contribution in [3.63, 3.8) is 0 Å². The minimum atomic E-state index is -0.845. The molecule has 6 N–H and O–H groups in total. The van der Waals surface area contributed by atoms with Crippen LogP contribution in [-0.4, -0.2) is 69.2 Å². The molecule has 2 amide bonds. The monoisotopic (exact) mass is 569 g/mol. The lowest BCUT2D eigenvalue weighted by Crippen LogP contribution is -2.33. The Labute approximate surface area is 246 Å². The second-order valence-corrected chi connectivity index (χ2v) is 9.00. The fourth-order valence-electron chi connectivity index (χ4n) is 2.94. The molecule has 0 fully saturated rings. The first kappa shape index (κ1) is 37.1. The number of rotatable bonds is 20. The first-order valence-corrected chi connectivity index (χ1v) is 14.3. The summed E-state index contributed by atoms with van der Waals surface area (Å²) in [5.74, 6) is -0.152. The largest absolute Gasteiger partial charge is 0.446 e. The van der Waals surface area contributed by atoms with Gasteiger partial charge < -0.3 is 31.7 Å². The Balaban J connectivity index is 3.70. The van der Waals surface area contributed by atoms with Crippen molar-refractivity contribution >= 4 is 23.9 Å². The highest BCUT2D eigenvalue weighted by molar-refractivity contribution is 5.97. The van der Waals surface area contributed by atoms with Crippen LogP contribution in [0.25, 0.3) is 0 Å². The van der Waals surface area contributed by atoms with E-state index in [0.29, 0.717) is 32.5 Å². The van der Waals surface area contributed by atoms with Gasteiger partial charge in [-0.15, -0.1) is 4.99 Å². The molecule has 0 spiro atoms. The number of nitrogens with two attached hydrogens (primary N) is 2. The van der Waals surface area contributed by atoms with Crippen LogP contribution in [0.5, 0.6) is 0 Å². The number of carbonyl (C=O) groups excluding carboxylic acids is 2. The van der Waals surface area contributed by atoms with Gasteiger partial charge in [-0.05, 0) is 44.9 Å². The molecule has 0 unspecified atom stereocenters. The number of hydrogen-bond donors (Lipinski definition) is 4. The number of aliphatic imine (C=N–C) groups is 2. The highest BCUT2D eigenvalue weighted by Gasteiger charge is 2.03. The topological polar surface area (TPSA) is 147 Å². The van der Waals surface area contributed by atoms with Crippen LogP contribution in [0, 0.1) is 0 Å². The molecule has 0 aromatic carbocycles. The van der Waals surface area contributed by atoms with E-state index in [1.807, 2.05) is 6.08 Å². The molecule has 0 bridgehead atoms. The number of amides is 2. The Bertz CT molecular complexity index is 945. The van der Waals surface area contributed by atoms with Crippen LogP contribution >= 0.6 is 0 Å². The molecule has 10 nitrogen and oxygen atoms in total. The first-order valence-electron chi connectivity index (χ1n) is 14.3. The van der Waals surface area contributed by atoms with Crippen LogP contribution < -0.4 is 22.1 Å². The second kappa shape index (κ2) is 27.6. The van der Waals surface area contributed by atoms with E-state index in [9.17, 15) is 9.59 Å². The number of nitrogens with one attached hydrogen (secondary N) is 2. The molecule has 0 aliphatic rings. The number of nitrogens with zero attached hydrogens (tertiary/aromatic N) is 3. The third kappa shape index (κ3) is 27.4. The van der Waals surface area contributed by atoms with Gasteiger partial charge in [0.15, 0.2) is 5.96 Å². The standard InChI is InChI=1S/C31H51N7O3/c1-4-5-6-7-8-9-10-11-12-13-14-15-16-17-18-19-20-21-22-23-28(39)35-25-24-34-26-27-41-31(40)37-29(32)36-30(33)38(2)3/h5-6,8-9,11-12,14-15,17-18,20-21,34H,4,7,10,13,16,19,22-27H2,1-3H3,(H,35,39)(H4,32,33,36,37,40). The van der Waals surface area contributed by atoms with Crippen molar-refractivity contribution in [2.45, 2.75) is 58.3 Å². The van der Waals surface area contributed by atoms with E-state index in [1.54, 1.807) is 14.1 Å². The van der Waals surface area contributed by atoms with Crippen LogP contribution in [0.15, 0.2) is 82.9 Å². The van der Waals surface area contributed by atoms with Crippen molar-refractivity contribution in [3.8, 4) is 0 Å². The van der Waals surface area contributed by atoms with E-state index in [0.717, 1.165) is 38.5 Å². The van der Waals surface area contributed by atoms with Crippen molar-refractivity contribution in [1.82, 2.24) is 15.5 Å². The maximum atomic E-state index is 11.9. The molecule has 0 aromatic heterocycles. The molecule has 0 saturated carbocycles. The van der Waals surface area contributed by atoms with Gasteiger partial charge in [0.1, 0.15) is 6.61 Å². The lowest BCUT2D eigenvalue weighted by atomic mass is 10.2. The quantitative estimate of drug-likeness (QED) is 0.0730. The van der Waals surface area contributed by atoms with E-state index in [4.69, 9.17) is 16.2 Å². The van der Waals surface area contributed by atoms with Gasteiger partial charge in [-0.25, -0.2) is 4.79 Å².